The van der Waals surface area contributed by atoms with Crippen LogP contribution in [0.1, 0.15) is 79.2 Å². The Morgan fingerprint density at radius 1 is 1.13 bits per heavy atom. The summed E-state index contributed by atoms with van der Waals surface area (Å²) in [5.41, 5.74) is 2.24. The Kier molecular flexibility index (Phi) is 9.41. The molecule has 6 nitrogen and oxygen atoms in total. The van der Waals surface area contributed by atoms with Crippen molar-refractivity contribution >= 4 is 23.2 Å². The fourth-order valence-corrected chi connectivity index (χ4v) is 7.72. The van der Waals surface area contributed by atoms with Crippen LogP contribution in [0.15, 0.2) is 36.4 Å². The summed E-state index contributed by atoms with van der Waals surface area (Å²) in [5.74, 6) is -0.0308. The summed E-state index contributed by atoms with van der Waals surface area (Å²) < 4.78 is 5.24. The molecule has 212 valence electrons. The third kappa shape index (κ3) is 6.75. The molecule has 3 fully saturated rings. The average molecular weight is 552 g/mol. The van der Waals surface area contributed by atoms with Gasteiger partial charge in [0, 0.05) is 49.1 Å². The third-order valence-electron chi connectivity index (χ3n) is 8.87. The molecular formula is C32H45N3O3S. The highest BCUT2D eigenvalue weighted by Crippen LogP contribution is 2.39. The smallest absolute Gasteiger partial charge is 0.227 e. The molecule has 1 aliphatic heterocycles. The Labute approximate surface area is 237 Å². The van der Waals surface area contributed by atoms with E-state index in [4.69, 9.17) is 4.74 Å². The van der Waals surface area contributed by atoms with E-state index in [0.717, 1.165) is 64.4 Å². The maximum Gasteiger partial charge on any atom is 0.227 e. The summed E-state index contributed by atoms with van der Waals surface area (Å²) in [6, 6.07) is 13.1. The zero-order chi connectivity index (χ0) is 27.2. The molecule has 2 amide bonds. The van der Waals surface area contributed by atoms with E-state index in [1.165, 1.54) is 20.9 Å². The number of nitrogens with one attached hydrogen (secondary N) is 2. The van der Waals surface area contributed by atoms with E-state index in [9.17, 15) is 9.59 Å². The molecule has 2 unspecified atom stereocenters. The minimum atomic E-state index is -0.272. The normalized spacial score (nSPS) is 22.5. The largest absolute Gasteiger partial charge is 0.385 e. The predicted octanol–water partition coefficient (Wildman–Crippen LogP) is 5.19. The molecule has 3 aliphatic rings. The van der Waals surface area contributed by atoms with Crippen LogP contribution < -0.4 is 10.6 Å². The molecule has 5 rings (SSSR count). The van der Waals surface area contributed by atoms with Crippen molar-refractivity contribution in [2.45, 2.75) is 89.3 Å². The van der Waals surface area contributed by atoms with Crippen molar-refractivity contribution in [3.8, 4) is 0 Å². The zero-order valence-electron chi connectivity index (χ0n) is 23.7. The Bertz CT molecular complexity index is 1110. The van der Waals surface area contributed by atoms with Crippen LogP contribution in [0.3, 0.4) is 0 Å². The van der Waals surface area contributed by atoms with Gasteiger partial charge in [-0.25, -0.2) is 0 Å². The lowest BCUT2D eigenvalue weighted by atomic mass is 9.85. The van der Waals surface area contributed by atoms with Crippen molar-refractivity contribution in [2.75, 3.05) is 26.8 Å². The standard InChI is InChI=1S/C32H45N3O3S/c1-3-29-25(19-28(39-29)12-9-17-38-2)22-35(27-13-14-27)31(37)24-18-23(20-33-21-24)30(36)34-32(15-7-8-16-32)26-10-5-4-6-11-26/h4-6,10-11,19,23-24,27,33H,3,7-9,12-18,20-22H2,1-2H3,(H,34,36). The van der Waals surface area contributed by atoms with Crippen LogP contribution in [0.25, 0.3) is 0 Å². The van der Waals surface area contributed by atoms with Crippen LogP contribution >= 0.6 is 11.3 Å². The highest BCUT2D eigenvalue weighted by Gasteiger charge is 2.42. The van der Waals surface area contributed by atoms with Gasteiger partial charge in [-0.05, 0) is 68.6 Å². The van der Waals surface area contributed by atoms with E-state index < -0.39 is 0 Å². The Hall–Kier alpha value is -2.22. The van der Waals surface area contributed by atoms with Gasteiger partial charge in [0.1, 0.15) is 0 Å². The van der Waals surface area contributed by atoms with E-state index in [0.29, 0.717) is 32.1 Å². The van der Waals surface area contributed by atoms with Gasteiger partial charge >= 0.3 is 0 Å². The average Bonchev–Trinajstić information content (AvgIpc) is 3.57. The van der Waals surface area contributed by atoms with E-state index in [2.05, 4.69) is 52.8 Å². The van der Waals surface area contributed by atoms with Crippen LogP contribution in [-0.2, 0) is 39.3 Å². The lowest BCUT2D eigenvalue weighted by molar-refractivity contribution is -0.139. The lowest BCUT2D eigenvalue weighted by Crippen LogP contribution is -2.53. The third-order valence-corrected chi connectivity index (χ3v) is 10.2. The van der Waals surface area contributed by atoms with Gasteiger partial charge in [0.2, 0.25) is 11.8 Å². The summed E-state index contributed by atoms with van der Waals surface area (Å²) in [6.07, 6.45) is 10.1. The van der Waals surface area contributed by atoms with Crippen molar-refractivity contribution in [3.63, 3.8) is 0 Å². The van der Waals surface area contributed by atoms with Gasteiger partial charge in [-0.3, -0.25) is 9.59 Å². The summed E-state index contributed by atoms with van der Waals surface area (Å²) >= 11 is 1.89. The molecule has 2 heterocycles. The van der Waals surface area contributed by atoms with Crippen LogP contribution in [0.5, 0.6) is 0 Å². The van der Waals surface area contributed by atoms with E-state index in [1.807, 2.05) is 17.4 Å². The van der Waals surface area contributed by atoms with Crippen LogP contribution in [0, 0.1) is 11.8 Å². The Morgan fingerprint density at radius 2 is 1.87 bits per heavy atom. The summed E-state index contributed by atoms with van der Waals surface area (Å²) in [5, 5.41) is 6.91. The number of methoxy groups -OCH3 is 1. The molecule has 39 heavy (non-hydrogen) atoms. The van der Waals surface area contributed by atoms with Crippen molar-refractivity contribution in [2.24, 2.45) is 11.8 Å². The van der Waals surface area contributed by atoms with Crippen LogP contribution in [0.2, 0.25) is 0 Å². The summed E-state index contributed by atoms with van der Waals surface area (Å²) in [4.78, 5) is 32.5. The van der Waals surface area contributed by atoms with E-state index in [-0.39, 0.29) is 29.2 Å². The quantitative estimate of drug-likeness (QED) is 0.356. The van der Waals surface area contributed by atoms with Crippen molar-refractivity contribution in [3.05, 3.63) is 57.3 Å². The number of ether oxygens (including phenoxy) is 1. The SMILES string of the molecule is CCc1sc(CCCOC)cc1CN(C(=O)C1CNCC(C(=O)NC2(c3ccccc3)CCCC2)C1)C1CC1. The maximum atomic E-state index is 13.9. The first-order valence-electron chi connectivity index (χ1n) is 15.0. The number of hydrogen-bond acceptors (Lipinski definition) is 5. The van der Waals surface area contributed by atoms with Crippen molar-refractivity contribution in [1.82, 2.24) is 15.5 Å². The second-order valence-electron chi connectivity index (χ2n) is 11.7. The van der Waals surface area contributed by atoms with E-state index in [1.54, 1.807) is 7.11 Å². The minimum Gasteiger partial charge on any atom is -0.385 e. The number of carbonyl (C=O) groups excluding carboxylic acids is 2. The molecule has 2 atom stereocenters. The molecule has 2 N–H and O–H groups in total. The second kappa shape index (κ2) is 13.0. The first-order chi connectivity index (χ1) is 19.0. The highest BCUT2D eigenvalue weighted by molar-refractivity contribution is 7.12. The van der Waals surface area contributed by atoms with Gasteiger partial charge in [0.25, 0.3) is 0 Å². The van der Waals surface area contributed by atoms with Gasteiger partial charge in [-0.15, -0.1) is 11.3 Å². The van der Waals surface area contributed by atoms with Gasteiger partial charge in [0.05, 0.1) is 17.4 Å². The predicted molar refractivity (Wildman–Crippen MR) is 157 cm³/mol. The highest BCUT2D eigenvalue weighted by atomic mass is 32.1. The number of amides is 2. The molecule has 0 bridgehead atoms. The number of thiophene rings is 1. The number of piperidine rings is 1. The van der Waals surface area contributed by atoms with Gasteiger partial charge in [-0.1, -0.05) is 50.1 Å². The minimum absolute atomic E-state index is 0.0931. The number of carbonyl (C=O) groups is 2. The van der Waals surface area contributed by atoms with Crippen molar-refractivity contribution in [1.29, 1.82) is 0 Å². The Morgan fingerprint density at radius 3 is 2.56 bits per heavy atom. The summed E-state index contributed by atoms with van der Waals surface area (Å²) in [6.45, 7) is 4.97. The number of aryl methyl sites for hydroxylation is 2. The molecule has 2 saturated carbocycles. The first kappa shape index (κ1) is 28.3. The van der Waals surface area contributed by atoms with E-state index >= 15 is 0 Å². The molecule has 1 saturated heterocycles. The molecule has 1 aromatic heterocycles. The Balaban J connectivity index is 1.25. The first-order valence-corrected chi connectivity index (χ1v) is 15.8. The number of benzene rings is 1. The monoisotopic (exact) mass is 551 g/mol. The van der Waals surface area contributed by atoms with Gasteiger partial charge < -0.3 is 20.3 Å². The molecule has 2 aliphatic carbocycles. The van der Waals surface area contributed by atoms with Gasteiger partial charge in [0.15, 0.2) is 0 Å². The molecule has 1 aromatic carbocycles. The van der Waals surface area contributed by atoms with Crippen LogP contribution in [0.4, 0.5) is 0 Å². The number of nitrogens with zero attached hydrogens (tertiary/aromatic N) is 1. The zero-order valence-corrected chi connectivity index (χ0v) is 24.5. The van der Waals surface area contributed by atoms with Gasteiger partial charge in [-0.2, -0.15) is 0 Å². The molecule has 0 radical (unpaired) electrons. The maximum absolute atomic E-state index is 13.9. The fourth-order valence-electron chi connectivity index (χ4n) is 6.56. The fraction of sp³-hybridized carbons (Fsp3) is 0.625. The number of hydrogen-bond donors (Lipinski definition) is 2. The summed E-state index contributed by atoms with van der Waals surface area (Å²) in [7, 11) is 1.75. The molecule has 0 spiro atoms. The number of rotatable bonds is 12. The molecular weight excluding hydrogens is 506 g/mol. The lowest BCUT2D eigenvalue weighted by Gasteiger charge is -2.36. The van der Waals surface area contributed by atoms with Crippen molar-refractivity contribution < 1.29 is 14.3 Å². The molecule has 2 aromatic rings. The second-order valence-corrected chi connectivity index (χ2v) is 13.0. The topological polar surface area (TPSA) is 70.7 Å². The molecule has 7 heteroatoms. The van der Waals surface area contributed by atoms with Crippen LogP contribution in [-0.4, -0.2) is 49.6 Å².